The number of benzene rings is 2. The van der Waals surface area contributed by atoms with E-state index in [4.69, 9.17) is 21.1 Å². The summed E-state index contributed by atoms with van der Waals surface area (Å²) in [7, 11) is 0. The fourth-order valence-electron chi connectivity index (χ4n) is 2.61. The number of fused-ring (bicyclic) bond motifs is 1. The minimum atomic E-state index is 0.258. The Labute approximate surface area is 156 Å². The summed E-state index contributed by atoms with van der Waals surface area (Å²) in [6.07, 6.45) is 2.58. The van der Waals surface area contributed by atoms with Crippen LogP contribution >= 0.6 is 11.6 Å². The summed E-state index contributed by atoms with van der Waals surface area (Å²) < 4.78 is 10.7. The van der Waals surface area contributed by atoms with E-state index in [1.165, 1.54) is 5.56 Å². The predicted octanol–water partition coefficient (Wildman–Crippen LogP) is 4.26. The maximum absolute atomic E-state index is 5.90. The van der Waals surface area contributed by atoms with E-state index in [9.17, 15) is 0 Å². The van der Waals surface area contributed by atoms with Gasteiger partial charge in [0.1, 0.15) is 5.82 Å². The van der Waals surface area contributed by atoms with Crippen molar-refractivity contribution in [3.63, 3.8) is 0 Å². The van der Waals surface area contributed by atoms with Crippen LogP contribution in [0.1, 0.15) is 5.56 Å². The van der Waals surface area contributed by atoms with Crippen molar-refractivity contribution < 1.29 is 9.47 Å². The van der Waals surface area contributed by atoms with Gasteiger partial charge in [0, 0.05) is 29.5 Å². The van der Waals surface area contributed by atoms with E-state index in [1.54, 1.807) is 6.20 Å². The SMILES string of the molecule is Clc1ccc(CCNc2nccc(Nc3ccc4c(c3)OCO4)n2)cc1. The van der Waals surface area contributed by atoms with Crippen LogP contribution in [0.4, 0.5) is 17.5 Å². The number of hydrogen-bond donors (Lipinski definition) is 2. The number of hydrogen-bond acceptors (Lipinski definition) is 6. The summed E-state index contributed by atoms with van der Waals surface area (Å²) in [6.45, 7) is 0.989. The zero-order valence-electron chi connectivity index (χ0n) is 13.9. The van der Waals surface area contributed by atoms with Crippen LogP contribution in [-0.2, 0) is 6.42 Å². The lowest BCUT2D eigenvalue weighted by Crippen LogP contribution is -2.08. The van der Waals surface area contributed by atoms with Crippen LogP contribution in [0.15, 0.2) is 54.7 Å². The van der Waals surface area contributed by atoms with Gasteiger partial charge in [0.25, 0.3) is 0 Å². The summed E-state index contributed by atoms with van der Waals surface area (Å²) in [4.78, 5) is 8.74. The van der Waals surface area contributed by atoms with Gasteiger partial charge in [0.15, 0.2) is 11.5 Å². The standard InChI is InChI=1S/C19H17ClN4O2/c20-14-3-1-13(2-4-14)7-9-21-19-22-10-8-18(24-19)23-15-5-6-16-17(11-15)26-12-25-16/h1-6,8,10-11H,7,9,12H2,(H2,21,22,23,24). The van der Waals surface area contributed by atoms with Gasteiger partial charge < -0.3 is 20.1 Å². The van der Waals surface area contributed by atoms with Crippen molar-refractivity contribution in [2.75, 3.05) is 24.0 Å². The zero-order valence-corrected chi connectivity index (χ0v) is 14.7. The Morgan fingerprint density at radius 1 is 1.00 bits per heavy atom. The third-order valence-electron chi connectivity index (χ3n) is 3.91. The van der Waals surface area contributed by atoms with Gasteiger partial charge in [-0.1, -0.05) is 23.7 Å². The number of nitrogens with zero attached hydrogens (tertiary/aromatic N) is 2. The molecular formula is C19H17ClN4O2. The van der Waals surface area contributed by atoms with Crippen LogP contribution in [0.2, 0.25) is 5.02 Å². The molecule has 0 saturated carbocycles. The van der Waals surface area contributed by atoms with Crippen molar-refractivity contribution >= 4 is 29.1 Å². The van der Waals surface area contributed by atoms with Crippen molar-refractivity contribution in [3.05, 3.63) is 65.3 Å². The Morgan fingerprint density at radius 2 is 1.85 bits per heavy atom. The second kappa shape index (κ2) is 7.49. The molecule has 0 aliphatic carbocycles. The highest BCUT2D eigenvalue weighted by Crippen LogP contribution is 2.34. The fraction of sp³-hybridized carbons (Fsp3) is 0.158. The van der Waals surface area contributed by atoms with E-state index in [1.807, 2.05) is 48.5 Å². The smallest absolute Gasteiger partial charge is 0.231 e. The Bertz CT molecular complexity index is 902. The molecule has 0 radical (unpaired) electrons. The zero-order chi connectivity index (χ0) is 17.8. The van der Waals surface area contributed by atoms with E-state index < -0.39 is 0 Å². The Hall–Kier alpha value is -2.99. The number of aromatic nitrogens is 2. The molecule has 0 atom stereocenters. The van der Waals surface area contributed by atoms with Crippen molar-refractivity contribution in [1.29, 1.82) is 0 Å². The first-order valence-corrected chi connectivity index (χ1v) is 8.62. The van der Waals surface area contributed by atoms with Gasteiger partial charge in [0.05, 0.1) is 0 Å². The molecule has 0 bridgehead atoms. The van der Waals surface area contributed by atoms with Crippen molar-refractivity contribution in [1.82, 2.24) is 9.97 Å². The normalized spacial score (nSPS) is 12.0. The first-order chi connectivity index (χ1) is 12.8. The summed E-state index contributed by atoms with van der Waals surface area (Å²) in [5.41, 5.74) is 2.08. The van der Waals surface area contributed by atoms with E-state index in [-0.39, 0.29) is 6.79 Å². The molecule has 26 heavy (non-hydrogen) atoms. The summed E-state index contributed by atoms with van der Waals surface area (Å²) >= 11 is 5.90. The molecule has 4 rings (SSSR count). The topological polar surface area (TPSA) is 68.3 Å². The molecule has 0 amide bonds. The van der Waals surface area contributed by atoms with Gasteiger partial charge >= 0.3 is 0 Å². The van der Waals surface area contributed by atoms with E-state index in [0.29, 0.717) is 11.8 Å². The lowest BCUT2D eigenvalue weighted by molar-refractivity contribution is 0.174. The monoisotopic (exact) mass is 368 g/mol. The van der Waals surface area contributed by atoms with Crippen LogP contribution in [0.25, 0.3) is 0 Å². The lowest BCUT2D eigenvalue weighted by atomic mass is 10.1. The largest absolute Gasteiger partial charge is 0.454 e. The Balaban J connectivity index is 1.36. The van der Waals surface area contributed by atoms with Gasteiger partial charge in [-0.25, -0.2) is 4.98 Å². The van der Waals surface area contributed by atoms with E-state index in [0.717, 1.165) is 35.2 Å². The molecule has 1 aliphatic rings. The first-order valence-electron chi connectivity index (χ1n) is 8.24. The predicted molar refractivity (Wildman–Crippen MR) is 102 cm³/mol. The molecule has 7 heteroatoms. The van der Waals surface area contributed by atoms with E-state index in [2.05, 4.69) is 20.6 Å². The minimum Gasteiger partial charge on any atom is -0.454 e. The lowest BCUT2D eigenvalue weighted by Gasteiger charge is -2.09. The summed E-state index contributed by atoms with van der Waals surface area (Å²) in [5.74, 6) is 2.76. The molecule has 1 aliphatic heterocycles. The number of halogens is 1. The second-order valence-electron chi connectivity index (χ2n) is 5.76. The maximum atomic E-state index is 5.90. The minimum absolute atomic E-state index is 0.258. The highest BCUT2D eigenvalue weighted by molar-refractivity contribution is 6.30. The molecule has 132 valence electrons. The number of ether oxygens (including phenoxy) is 2. The molecule has 1 aromatic heterocycles. The van der Waals surface area contributed by atoms with Gasteiger partial charge in [-0.15, -0.1) is 0 Å². The van der Waals surface area contributed by atoms with Gasteiger partial charge in [-0.3, -0.25) is 0 Å². The fourth-order valence-corrected chi connectivity index (χ4v) is 2.73. The molecule has 2 heterocycles. The average molecular weight is 369 g/mol. The molecule has 0 unspecified atom stereocenters. The Kier molecular flexibility index (Phi) is 4.75. The molecule has 2 N–H and O–H groups in total. The maximum Gasteiger partial charge on any atom is 0.231 e. The van der Waals surface area contributed by atoms with Gasteiger partial charge in [-0.05, 0) is 42.3 Å². The third kappa shape index (κ3) is 3.97. The summed E-state index contributed by atoms with van der Waals surface area (Å²) in [5, 5.41) is 7.23. The molecule has 0 spiro atoms. The number of anilines is 3. The number of rotatable bonds is 6. The van der Waals surface area contributed by atoms with Crippen LogP contribution in [0, 0.1) is 0 Å². The molecule has 0 fully saturated rings. The van der Waals surface area contributed by atoms with Crippen LogP contribution < -0.4 is 20.1 Å². The quantitative estimate of drug-likeness (QED) is 0.677. The van der Waals surface area contributed by atoms with E-state index >= 15 is 0 Å². The van der Waals surface area contributed by atoms with Crippen molar-refractivity contribution in [3.8, 4) is 11.5 Å². The van der Waals surface area contributed by atoms with Crippen molar-refractivity contribution in [2.24, 2.45) is 0 Å². The van der Waals surface area contributed by atoms with Crippen molar-refractivity contribution in [2.45, 2.75) is 6.42 Å². The Morgan fingerprint density at radius 3 is 2.73 bits per heavy atom. The average Bonchev–Trinajstić information content (AvgIpc) is 3.12. The molecule has 0 saturated heterocycles. The highest BCUT2D eigenvalue weighted by atomic mass is 35.5. The van der Waals surface area contributed by atoms with Gasteiger partial charge in [0.2, 0.25) is 12.7 Å². The third-order valence-corrected chi connectivity index (χ3v) is 4.16. The summed E-state index contributed by atoms with van der Waals surface area (Å²) in [6, 6.07) is 15.3. The highest BCUT2D eigenvalue weighted by Gasteiger charge is 2.13. The molecule has 3 aromatic rings. The molecule has 2 aromatic carbocycles. The van der Waals surface area contributed by atoms with Crippen LogP contribution in [0.5, 0.6) is 11.5 Å². The second-order valence-corrected chi connectivity index (χ2v) is 6.20. The van der Waals surface area contributed by atoms with Gasteiger partial charge in [-0.2, -0.15) is 4.98 Å². The molecular weight excluding hydrogens is 352 g/mol. The van der Waals surface area contributed by atoms with Crippen LogP contribution in [-0.4, -0.2) is 23.3 Å². The molecule has 6 nitrogen and oxygen atoms in total. The first kappa shape index (κ1) is 16.5. The number of nitrogens with one attached hydrogen (secondary N) is 2. The van der Waals surface area contributed by atoms with Crippen LogP contribution in [0.3, 0.4) is 0 Å².